The van der Waals surface area contributed by atoms with Crippen molar-refractivity contribution in [3.63, 3.8) is 0 Å². The van der Waals surface area contributed by atoms with Crippen LogP contribution in [0.1, 0.15) is 25.8 Å². The molecule has 1 aromatic carbocycles. The molecule has 94 valence electrons. The Labute approximate surface area is 107 Å². The molecule has 18 heavy (non-hydrogen) atoms. The van der Waals surface area contributed by atoms with Crippen molar-refractivity contribution in [1.29, 1.82) is 0 Å². The molecule has 1 aliphatic rings. The summed E-state index contributed by atoms with van der Waals surface area (Å²) in [5.41, 5.74) is 8.30. The van der Waals surface area contributed by atoms with Crippen LogP contribution in [-0.2, 0) is 4.79 Å². The van der Waals surface area contributed by atoms with Gasteiger partial charge in [-0.25, -0.2) is 4.79 Å². The van der Waals surface area contributed by atoms with Gasteiger partial charge in [0.15, 0.2) is 0 Å². The van der Waals surface area contributed by atoms with Crippen molar-refractivity contribution in [2.45, 2.75) is 20.3 Å². The van der Waals surface area contributed by atoms with Crippen molar-refractivity contribution < 1.29 is 9.90 Å². The maximum atomic E-state index is 11.4. The van der Waals surface area contributed by atoms with Gasteiger partial charge in [-0.3, -0.25) is 0 Å². The van der Waals surface area contributed by atoms with Gasteiger partial charge in [0.05, 0.1) is 5.57 Å². The average molecular weight is 243 g/mol. The molecule has 0 spiro atoms. The highest BCUT2D eigenvalue weighted by molar-refractivity contribution is 6.01. The Bertz CT molecular complexity index is 539. The molecule has 0 radical (unpaired) electrons. The number of allylic oxidation sites excluding steroid dienone is 2. The average Bonchev–Trinajstić information content (AvgIpc) is 2.27. The molecule has 3 N–H and O–H groups in total. The number of aliphatic carboxylic acids is 1. The molecule has 1 aliphatic carbocycles. The first-order chi connectivity index (χ1) is 8.42. The number of rotatable bonds is 2. The summed E-state index contributed by atoms with van der Waals surface area (Å²) in [7, 11) is 0. The predicted molar refractivity (Wildman–Crippen MR) is 71.7 cm³/mol. The molecule has 3 heteroatoms. The van der Waals surface area contributed by atoms with Crippen molar-refractivity contribution in [3.8, 4) is 0 Å². The summed E-state index contributed by atoms with van der Waals surface area (Å²) < 4.78 is 0. The van der Waals surface area contributed by atoms with E-state index in [0.29, 0.717) is 17.7 Å². The van der Waals surface area contributed by atoms with Gasteiger partial charge in [0.2, 0.25) is 0 Å². The number of benzene rings is 1. The Morgan fingerprint density at radius 2 is 1.89 bits per heavy atom. The molecular formula is C15H17NO2. The van der Waals surface area contributed by atoms with Crippen LogP contribution in [0.4, 0.5) is 0 Å². The van der Waals surface area contributed by atoms with E-state index in [4.69, 9.17) is 5.73 Å². The maximum absolute atomic E-state index is 11.4. The molecule has 0 atom stereocenters. The van der Waals surface area contributed by atoms with E-state index in [2.05, 4.69) is 0 Å². The predicted octanol–water partition coefficient (Wildman–Crippen LogP) is 2.80. The highest BCUT2D eigenvalue weighted by Crippen LogP contribution is 2.44. The summed E-state index contributed by atoms with van der Waals surface area (Å²) in [6.07, 6.45) is 2.25. The van der Waals surface area contributed by atoms with Crippen molar-refractivity contribution in [1.82, 2.24) is 0 Å². The number of carbonyl (C=O) groups is 1. The highest BCUT2D eigenvalue weighted by Gasteiger charge is 2.33. The van der Waals surface area contributed by atoms with Crippen LogP contribution in [0.3, 0.4) is 0 Å². The van der Waals surface area contributed by atoms with Crippen molar-refractivity contribution in [3.05, 3.63) is 53.2 Å². The normalized spacial score (nSPS) is 18.4. The Kier molecular flexibility index (Phi) is 2.99. The van der Waals surface area contributed by atoms with Gasteiger partial charge in [-0.15, -0.1) is 0 Å². The highest BCUT2D eigenvalue weighted by atomic mass is 16.4. The van der Waals surface area contributed by atoms with Crippen molar-refractivity contribution in [2.75, 3.05) is 0 Å². The molecule has 0 saturated heterocycles. The fraction of sp³-hybridized carbons (Fsp3) is 0.267. The van der Waals surface area contributed by atoms with Crippen LogP contribution in [0.15, 0.2) is 47.7 Å². The standard InChI is InChI=1S/C15H17NO2/c1-15(2)9-11(16)8-12(14(17)18)13(15)10-6-4-3-5-7-10/h3-8H,9,16H2,1-2H3,(H,17,18). The monoisotopic (exact) mass is 243 g/mol. The van der Waals surface area contributed by atoms with Crippen LogP contribution >= 0.6 is 0 Å². The summed E-state index contributed by atoms with van der Waals surface area (Å²) in [5, 5.41) is 9.36. The zero-order valence-electron chi connectivity index (χ0n) is 10.6. The molecule has 0 amide bonds. The maximum Gasteiger partial charge on any atom is 0.336 e. The van der Waals surface area contributed by atoms with Gasteiger partial charge in [-0.2, -0.15) is 0 Å². The number of nitrogens with two attached hydrogens (primary N) is 1. The van der Waals surface area contributed by atoms with Crippen molar-refractivity contribution in [2.24, 2.45) is 11.1 Å². The van der Waals surface area contributed by atoms with Gasteiger partial charge in [-0.05, 0) is 29.0 Å². The second-order valence-corrected chi connectivity index (χ2v) is 5.24. The molecule has 3 nitrogen and oxygen atoms in total. The smallest absolute Gasteiger partial charge is 0.336 e. The summed E-state index contributed by atoms with van der Waals surface area (Å²) in [6.45, 7) is 4.05. The third-order valence-corrected chi connectivity index (χ3v) is 3.21. The number of hydrogen-bond acceptors (Lipinski definition) is 2. The number of hydrogen-bond donors (Lipinski definition) is 2. The lowest BCUT2D eigenvalue weighted by Crippen LogP contribution is -2.25. The van der Waals surface area contributed by atoms with Gasteiger partial charge in [0.25, 0.3) is 0 Å². The third kappa shape index (κ3) is 2.16. The van der Waals surface area contributed by atoms with E-state index in [9.17, 15) is 9.90 Å². The van der Waals surface area contributed by atoms with Crippen LogP contribution in [0, 0.1) is 5.41 Å². The van der Waals surface area contributed by atoms with E-state index in [0.717, 1.165) is 11.1 Å². The molecule has 0 aliphatic heterocycles. The molecule has 0 aromatic heterocycles. The topological polar surface area (TPSA) is 63.3 Å². The summed E-state index contributed by atoms with van der Waals surface area (Å²) >= 11 is 0. The molecule has 0 heterocycles. The SMILES string of the molecule is CC1(C)CC(N)=CC(C(=O)O)=C1c1ccccc1. The van der Waals surface area contributed by atoms with E-state index in [1.54, 1.807) is 6.08 Å². The second kappa shape index (κ2) is 4.33. The zero-order valence-corrected chi connectivity index (χ0v) is 10.6. The molecule has 1 aromatic rings. The van der Waals surface area contributed by atoms with Crippen LogP contribution in [-0.4, -0.2) is 11.1 Å². The molecular weight excluding hydrogens is 226 g/mol. The van der Waals surface area contributed by atoms with E-state index >= 15 is 0 Å². The fourth-order valence-electron chi connectivity index (χ4n) is 2.59. The Morgan fingerprint density at radius 1 is 1.28 bits per heavy atom. The van der Waals surface area contributed by atoms with Crippen LogP contribution in [0.2, 0.25) is 0 Å². The Morgan fingerprint density at radius 3 is 2.44 bits per heavy atom. The first kappa shape index (κ1) is 12.4. The minimum absolute atomic E-state index is 0.270. The van der Waals surface area contributed by atoms with Crippen LogP contribution in [0.5, 0.6) is 0 Å². The minimum atomic E-state index is -0.926. The van der Waals surface area contributed by atoms with Crippen molar-refractivity contribution >= 4 is 11.5 Å². The molecule has 2 rings (SSSR count). The summed E-state index contributed by atoms with van der Waals surface area (Å²) in [6, 6.07) is 9.63. The Balaban J connectivity index is 2.69. The summed E-state index contributed by atoms with van der Waals surface area (Å²) in [4.78, 5) is 11.4. The fourth-order valence-corrected chi connectivity index (χ4v) is 2.59. The van der Waals surface area contributed by atoms with E-state index in [1.165, 1.54) is 0 Å². The first-order valence-electron chi connectivity index (χ1n) is 5.91. The second-order valence-electron chi connectivity index (χ2n) is 5.24. The van der Waals surface area contributed by atoms with Gasteiger partial charge in [0.1, 0.15) is 0 Å². The molecule has 0 saturated carbocycles. The lowest BCUT2D eigenvalue weighted by Gasteiger charge is -2.33. The quantitative estimate of drug-likeness (QED) is 0.839. The number of carboxylic acid groups (broad SMARTS) is 1. The molecule has 0 bridgehead atoms. The van der Waals surface area contributed by atoms with E-state index in [-0.39, 0.29) is 5.41 Å². The van der Waals surface area contributed by atoms with Crippen LogP contribution < -0.4 is 5.73 Å². The van der Waals surface area contributed by atoms with Gasteiger partial charge < -0.3 is 10.8 Å². The molecule has 0 unspecified atom stereocenters. The number of carboxylic acids is 1. The van der Waals surface area contributed by atoms with Gasteiger partial charge >= 0.3 is 5.97 Å². The van der Waals surface area contributed by atoms with Crippen LogP contribution in [0.25, 0.3) is 5.57 Å². The molecule has 0 fully saturated rings. The van der Waals surface area contributed by atoms with Gasteiger partial charge in [-0.1, -0.05) is 44.2 Å². The lowest BCUT2D eigenvalue weighted by molar-refractivity contribution is -0.132. The third-order valence-electron chi connectivity index (χ3n) is 3.21. The first-order valence-corrected chi connectivity index (χ1v) is 5.91. The Hall–Kier alpha value is -2.03. The van der Waals surface area contributed by atoms with E-state index < -0.39 is 5.97 Å². The largest absolute Gasteiger partial charge is 0.478 e. The zero-order chi connectivity index (χ0) is 13.3. The van der Waals surface area contributed by atoms with E-state index in [1.807, 2.05) is 44.2 Å². The summed E-state index contributed by atoms with van der Waals surface area (Å²) in [5.74, 6) is -0.926. The van der Waals surface area contributed by atoms with Gasteiger partial charge in [0, 0.05) is 5.70 Å². The minimum Gasteiger partial charge on any atom is -0.478 e. The lowest BCUT2D eigenvalue weighted by atomic mass is 9.71.